The van der Waals surface area contributed by atoms with E-state index in [9.17, 15) is 5.26 Å². The molecule has 0 fully saturated rings. The lowest BCUT2D eigenvalue weighted by molar-refractivity contribution is 0.810. The van der Waals surface area contributed by atoms with E-state index in [-0.39, 0.29) is 0 Å². The van der Waals surface area contributed by atoms with E-state index in [0.29, 0.717) is 0 Å². The maximum absolute atomic E-state index is 9.58. The van der Waals surface area contributed by atoms with Gasteiger partial charge in [0, 0.05) is 17.1 Å². The van der Waals surface area contributed by atoms with Crippen LogP contribution in [0.1, 0.15) is 28.7 Å². The highest BCUT2D eigenvalue weighted by Gasteiger charge is 2.20. The van der Waals surface area contributed by atoms with Gasteiger partial charge in [0.2, 0.25) is 0 Å². The summed E-state index contributed by atoms with van der Waals surface area (Å²) in [5.74, 6) is 0. The third kappa shape index (κ3) is 3.60. The second-order valence-electron chi connectivity index (χ2n) is 8.15. The lowest BCUT2D eigenvalue weighted by Crippen LogP contribution is -2.16. The molecule has 2 heteroatoms. The molecule has 31 heavy (non-hydrogen) atoms. The van der Waals surface area contributed by atoms with Crippen molar-refractivity contribution in [1.29, 1.82) is 5.26 Å². The number of aryl methyl sites for hydroxylation is 3. The maximum Gasteiger partial charge on any atom is 0.0998 e. The average molecular weight is 401 g/mol. The predicted molar refractivity (Wildman–Crippen MR) is 128 cm³/mol. The number of benzene rings is 4. The van der Waals surface area contributed by atoms with Crippen LogP contribution in [-0.2, 0) is 12.8 Å². The van der Waals surface area contributed by atoms with Crippen molar-refractivity contribution in [3.63, 3.8) is 0 Å². The lowest BCUT2D eigenvalue weighted by atomic mass is 9.95. The molecule has 5 rings (SSSR count). The van der Waals surface area contributed by atoms with Crippen molar-refractivity contribution in [2.75, 3.05) is 4.90 Å². The molecule has 0 saturated carbocycles. The summed E-state index contributed by atoms with van der Waals surface area (Å²) in [5, 5.41) is 9.58. The molecule has 0 radical (unpaired) electrons. The first-order valence-electron chi connectivity index (χ1n) is 10.8. The fraction of sp³-hybridized carbons (Fsp3) is 0.138. The molecule has 2 nitrogen and oxygen atoms in total. The van der Waals surface area contributed by atoms with Gasteiger partial charge in [0.05, 0.1) is 11.6 Å². The van der Waals surface area contributed by atoms with Gasteiger partial charge in [-0.3, -0.25) is 0 Å². The molecular weight excluding hydrogens is 376 g/mol. The van der Waals surface area contributed by atoms with Crippen LogP contribution in [0.2, 0.25) is 0 Å². The van der Waals surface area contributed by atoms with E-state index in [4.69, 9.17) is 0 Å². The standard InChI is InChI=1S/C29H24N2/c1-21-13-18-27(25(19-21)20-30)22-14-16-26(17-15-22)31-28-11-4-2-7-23(28)9-6-10-24-8-3-5-12-29(24)31/h2-5,7-8,11-19H,6,9-10H2,1H3. The minimum atomic E-state index is 0.717. The molecule has 0 aromatic heterocycles. The minimum Gasteiger partial charge on any atom is -0.310 e. The quantitative estimate of drug-likeness (QED) is 0.348. The Morgan fingerprint density at radius 1 is 0.742 bits per heavy atom. The Morgan fingerprint density at radius 2 is 1.35 bits per heavy atom. The van der Waals surface area contributed by atoms with Crippen LogP contribution in [0, 0.1) is 18.3 Å². The Kier molecular flexibility index (Phi) is 5.02. The van der Waals surface area contributed by atoms with Crippen LogP contribution in [0.25, 0.3) is 11.1 Å². The third-order valence-electron chi connectivity index (χ3n) is 6.09. The number of para-hydroxylation sites is 2. The van der Waals surface area contributed by atoms with Gasteiger partial charge in [-0.05, 0) is 84.3 Å². The van der Waals surface area contributed by atoms with E-state index in [1.807, 2.05) is 19.1 Å². The van der Waals surface area contributed by atoms with Crippen molar-refractivity contribution in [2.24, 2.45) is 0 Å². The van der Waals surface area contributed by atoms with Crippen LogP contribution in [0.3, 0.4) is 0 Å². The number of nitriles is 1. The van der Waals surface area contributed by atoms with Crippen molar-refractivity contribution < 1.29 is 0 Å². The van der Waals surface area contributed by atoms with Gasteiger partial charge in [-0.25, -0.2) is 0 Å². The molecule has 0 amide bonds. The molecule has 0 aliphatic carbocycles. The smallest absolute Gasteiger partial charge is 0.0998 e. The highest BCUT2D eigenvalue weighted by Crippen LogP contribution is 2.41. The van der Waals surface area contributed by atoms with E-state index in [0.717, 1.165) is 47.2 Å². The van der Waals surface area contributed by atoms with Crippen LogP contribution >= 0.6 is 0 Å². The predicted octanol–water partition coefficient (Wildman–Crippen LogP) is 7.49. The number of rotatable bonds is 2. The SMILES string of the molecule is Cc1ccc(-c2ccc(N3c4ccccc4CCCc4ccccc43)cc2)c(C#N)c1. The monoisotopic (exact) mass is 400 g/mol. The normalized spacial score (nSPS) is 12.8. The zero-order valence-corrected chi connectivity index (χ0v) is 17.7. The minimum absolute atomic E-state index is 0.717. The first-order valence-corrected chi connectivity index (χ1v) is 10.8. The molecule has 4 aromatic carbocycles. The second-order valence-corrected chi connectivity index (χ2v) is 8.15. The Bertz CT molecular complexity index is 1230. The molecule has 0 bridgehead atoms. The van der Waals surface area contributed by atoms with Gasteiger partial charge in [0.25, 0.3) is 0 Å². The van der Waals surface area contributed by atoms with Crippen molar-refractivity contribution in [1.82, 2.24) is 0 Å². The van der Waals surface area contributed by atoms with E-state index in [1.54, 1.807) is 0 Å². The molecule has 0 saturated heterocycles. The molecule has 150 valence electrons. The van der Waals surface area contributed by atoms with Gasteiger partial charge in [-0.15, -0.1) is 0 Å². The molecule has 1 heterocycles. The van der Waals surface area contributed by atoms with E-state index < -0.39 is 0 Å². The van der Waals surface area contributed by atoms with Gasteiger partial charge < -0.3 is 4.90 Å². The fourth-order valence-corrected chi connectivity index (χ4v) is 4.55. The van der Waals surface area contributed by atoms with Crippen LogP contribution < -0.4 is 4.90 Å². The summed E-state index contributed by atoms with van der Waals surface area (Å²) in [5.41, 5.74) is 10.3. The molecule has 4 aromatic rings. The van der Waals surface area contributed by atoms with Crippen molar-refractivity contribution >= 4 is 17.1 Å². The summed E-state index contributed by atoms with van der Waals surface area (Å²) in [6.07, 6.45) is 3.31. The molecular formula is C29H24N2. The summed E-state index contributed by atoms with van der Waals surface area (Å²) in [7, 11) is 0. The van der Waals surface area contributed by atoms with Crippen LogP contribution in [0.15, 0.2) is 91.0 Å². The molecule has 0 N–H and O–H groups in total. The number of nitrogens with zero attached hydrogens (tertiary/aromatic N) is 2. The highest BCUT2D eigenvalue weighted by molar-refractivity contribution is 5.82. The summed E-state index contributed by atoms with van der Waals surface area (Å²) in [6.45, 7) is 2.02. The summed E-state index contributed by atoms with van der Waals surface area (Å²) in [4.78, 5) is 2.38. The molecule has 0 atom stereocenters. The Labute approximate surface area is 184 Å². The van der Waals surface area contributed by atoms with Crippen LogP contribution in [0.5, 0.6) is 0 Å². The largest absolute Gasteiger partial charge is 0.310 e. The third-order valence-corrected chi connectivity index (χ3v) is 6.09. The topological polar surface area (TPSA) is 27.0 Å². The fourth-order valence-electron chi connectivity index (χ4n) is 4.55. The molecule has 0 spiro atoms. The van der Waals surface area contributed by atoms with E-state index >= 15 is 0 Å². The first kappa shape index (κ1) is 19.2. The zero-order chi connectivity index (χ0) is 21.2. The van der Waals surface area contributed by atoms with Crippen molar-refractivity contribution in [3.8, 4) is 17.2 Å². The highest BCUT2D eigenvalue weighted by atomic mass is 15.1. The van der Waals surface area contributed by atoms with Gasteiger partial charge in [0.1, 0.15) is 0 Å². The van der Waals surface area contributed by atoms with E-state index in [2.05, 4.69) is 89.8 Å². The van der Waals surface area contributed by atoms with Gasteiger partial charge in [0.15, 0.2) is 0 Å². The van der Waals surface area contributed by atoms with Gasteiger partial charge >= 0.3 is 0 Å². The molecule has 1 aliphatic rings. The number of fused-ring (bicyclic) bond motifs is 2. The van der Waals surface area contributed by atoms with Crippen LogP contribution in [0.4, 0.5) is 17.1 Å². The number of hydrogen-bond acceptors (Lipinski definition) is 2. The van der Waals surface area contributed by atoms with E-state index in [1.165, 1.54) is 22.5 Å². The zero-order valence-electron chi connectivity index (χ0n) is 17.7. The Balaban J connectivity index is 1.63. The van der Waals surface area contributed by atoms with Gasteiger partial charge in [-0.2, -0.15) is 5.26 Å². The van der Waals surface area contributed by atoms with Gasteiger partial charge in [-0.1, -0.05) is 60.7 Å². The Hall–Kier alpha value is -3.83. The lowest BCUT2D eigenvalue weighted by Gasteiger charge is -2.31. The van der Waals surface area contributed by atoms with Crippen LogP contribution in [-0.4, -0.2) is 0 Å². The second kappa shape index (κ2) is 8.13. The molecule has 0 unspecified atom stereocenters. The number of anilines is 3. The molecule has 1 aliphatic heterocycles. The van der Waals surface area contributed by atoms with Crippen molar-refractivity contribution in [2.45, 2.75) is 26.2 Å². The number of hydrogen-bond donors (Lipinski definition) is 0. The summed E-state index contributed by atoms with van der Waals surface area (Å²) in [6, 6.07) is 34.5. The average Bonchev–Trinajstić information content (AvgIpc) is 2.80. The first-order chi connectivity index (χ1) is 15.2. The summed E-state index contributed by atoms with van der Waals surface area (Å²) >= 11 is 0. The summed E-state index contributed by atoms with van der Waals surface area (Å²) < 4.78 is 0. The Morgan fingerprint density at radius 3 is 1.97 bits per heavy atom. The van der Waals surface area contributed by atoms with Crippen molar-refractivity contribution in [3.05, 3.63) is 113 Å². The maximum atomic E-state index is 9.58.